The molecule has 168 valence electrons. The van der Waals surface area contributed by atoms with E-state index in [1.54, 1.807) is 29.6 Å². The lowest BCUT2D eigenvalue weighted by Gasteiger charge is -2.13. The number of carbonyl (C=O) groups excluding carboxylic acids is 1. The lowest BCUT2D eigenvalue weighted by molar-refractivity contribution is -0.116. The lowest BCUT2D eigenvalue weighted by Crippen LogP contribution is -2.41. The third-order valence-corrected chi connectivity index (χ3v) is 6.03. The van der Waals surface area contributed by atoms with Crippen LogP contribution in [0.2, 0.25) is 0 Å². The van der Waals surface area contributed by atoms with Gasteiger partial charge in [-0.25, -0.2) is 13.6 Å². The number of hydrogen-bond acceptors (Lipinski definition) is 6. The zero-order chi connectivity index (χ0) is 23.1. The average Bonchev–Trinajstić information content (AvgIpc) is 3.46. The van der Waals surface area contributed by atoms with Gasteiger partial charge in [-0.2, -0.15) is 0 Å². The van der Waals surface area contributed by atoms with Crippen LogP contribution < -0.4 is 26.0 Å². The van der Waals surface area contributed by atoms with E-state index in [9.17, 15) is 23.2 Å². The molecular weight excluding hydrogens is 456 g/mol. The molecule has 0 bridgehead atoms. The van der Waals surface area contributed by atoms with Crippen LogP contribution in [0.3, 0.4) is 0 Å². The summed E-state index contributed by atoms with van der Waals surface area (Å²) in [4.78, 5) is 38.7. The molecule has 2 aromatic heterocycles. The van der Waals surface area contributed by atoms with E-state index in [4.69, 9.17) is 9.47 Å². The summed E-state index contributed by atoms with van der Waals surface area (Å²) in [6.45, 7) is -0.516. The smallest absolute Gasteiger partial charge is 0.332 e. The van der Waals surface area contributed by atoms with E-state index in [1.807, 2.05) is 0 Å². The second kappa shape index (κ2) is 8.17. The van der Waals surface area contributed by atoms with Gasteiger partial charge in [0.25, 0.3) is 5.56 Å². The third-order valence-electron chi connectivity index (χ3n) is 5.14. The Morgan fingerprint density at radius 2 is 1.79 bits per heavy atom. The number of benzene rings is 2. The predicted octanol–water partition coefficient (Wildman–Crippen LogP) is 2.92. The summed E-state index contributed by atoms with van der Waals surface area (Å²) in [6.07, 6.45) is 0. The summed E-state index contributed by atoms with van der Waals surface area (Å²) in [5, 5.41) is 3.79. The Bertz CT molecular complexity index is 1500. The van der Waals surface area contributed by atoms with Gasteiger partial charge in [-0.15, -0.1) is 11.3 Å². The molecule has 11 heteroatoms. The SMILES string of the molecule is O=C(Cn1c(=O)n(Cc2ccc3c(c2)OCO3)c(=O)c2sccc21)Nc1c(F)cccc1F. The Labute approximate surface area is 188 Å². The summed E-state index contributed by atoms with van der Waals surface area (Å²) in [5.74, 6) is -1.63. The van der Waals surface area contributed by atoms with Crippen LogP contribution in [-0.4, -0.2) is 21.8 Å². The summed E-state index contributed by atoms with van der Waals surface area (Å²) in [6, 6.07) is 9.79. The molecule has 0 atom stereocenters. The highest BCUT2D eigenvalue weighted by molar-refractivity contribution is 7.17. The number of aromatic nitrogens is 2. The van der Waals surface area contributed by atoms with Gasteiger partial charge in [-0.1, -0.05) is 12.1 Å². The van der Waals surface area contributed by atoms with Crippen molar-refractivity contribution in [3.63, 3.8) is 0 Å². The fraction of sp³-hybridized carbons (Fsp3) is 0.136. The van der Waals surface area contributed by atoms with Crippen molar-refractivity contribution >= 4 is 33.1 Å². The standard InChI is InChI=1S/C22H15F2N3O5S/c23-13-2-1-3-14(24)19(13)25-18(28)10-26-15-6-7-33-20(15)21(29)27(22(26)30)9-12-4-5-16-17(8-12)32-11-31-16/h1-8H,9-11H2,(H,25,28). The zero-order valence-electron chi connectivity index (χ0n) is 16.8. The number of anilines is 1. The van der Waals surface area contributed by atoms with E-state index in [1.165, 1.54) is 6.07 Å². The first-order valence-corrected chi connectivity index (χ1v) is 10.6. The third kappa shape index (κ3) is 3.76. The Hall–Kier alpha value is -3.99. The van der Waals surface area contributed by atoms with E-state index in [-0.39, 0.29) is 23.6 Å². The molecule has 1 N–H and O–H groups in total. The molecule has 0 fully saturated rings. The maximum Gasteiger partial charge on any atom is 0.332 e. The monoisotopic (exact) mass is 471 g/mol. The van der Waals surface area contributed by atoms with E-state index in [0.29, 0.717) is 17.1 Å². The number of para-hydroxylation sites is 1. The van der Waals surface area contributed by atoms with Gasteiger partial charge in [0.05, 0.1) is 12.1 Å². The number of halogens is 2. The topological polar surface area (TPSA) is 91.6 Å². The van der Waals surface area contributed by atoms with Gasteiger partial charge in [-0.05, 0) is 41.3 Å². The lowest BCUT2D eigenvalue weighted by atomic mass is 10.2. The Kier molecular flexibility index (Phi) is 5.17. The Morgan fingerprint density at radius 3 is 2.58 bits per heavy atom. The molecular formula is C22H15F2N3O5S. The minimum Gasteiger partial charge on any atom is -0.454 e. The van der Waals surface area contributed by atoms with Gasteiger partial charge in [-0.3, -0.25) is 18.7 Å². The number of nitrogens with zero attached hydrogens (tertiary/aromatic N) is 2. The molecule has 0 saturated carbocycles. The van der Waals surface area contributed by atoms with Crippen molar-refractivity contribution in [2.45, 2.75) is 13.1 Å². The van der Waals surface area contributed by atoms with Crippen molar-refractivity contribution in [2.75, 3.05) is 12.1 Å². The summed E-state index contributed by atoms with van der Waals surface area (Å²) in [7, 11) is 0. The number of hydrogen-bond donors (Lipinski definition) is 1. The molecule has 0 unspecified atom stereocenters. The number of carbonyl (C=O) groups is 1. The minimum absolute atomic E-state index is 0.0638. The Morgan fingerprint density at radius 1 is 1.03 bits per heavy atom. The number of thiophene rings is 1. The molecule has 0 saturated heterocycles. The van der Waals surface area contributed by atoms with Crippen molar-refractivity contribution in [3.8, 4) is 11.5 Å². The van der Waals surface area contributed by atoms with Gasteiger partial charge >= 0.3 is 5.69 Å². The molecule has 4 aromatic rings. The molecule has 3 heterocycles. The molecule has 8 nitrogen and oxygen atoms in total. The highest BCUT2D eigenvalue weighted by atomic mass is 32.1. The van der Waals surface area contributed by atoms with Gasteiger partial charge in [0.1, 0.15) is 28.6 Å². The molecule has 5 rings (SSSR count). The van der Waals surface area contributed by atoms with Gasteiger partial charge in [0.2, 0.25) is 12.7 Å². The van der Waals surface area contributed by atoms with Crippen molar-refractivity contribution in [1.29, 1.82) is 0 Å². The number of rotatable bonds is 5. The quantitative estimate of drug-likeness (QED) is 0.483. The number of nitrogens with one attached hydrogen (secondary N) is 1. The maximum absolute atomic E-state index is 13.9. The Balaban J connectivity index is 1.51. The first-order valence-electron chi connectivity index (χ1n) is 9.75. The van der Waals surface area contributed by atoms with Crippen molar-refractivity contribution in [1.82, 2.24) is 9.13 Å². The molecule has 1 aliphatic rings. The van der Waals surface area contributed by atoms with Crippen LogP contribution >= 0.6 is 11.3 Å². The maximum atomic E-state index is 13.9. The average molecular weight is 471 g/mol. The first kappa shape index (κ1) is 20.9. The van der Waals surface area contributed by atoms with Crippen LogP contribution in [0.5, 0.6) is 11.5 Å². The van der Waals surface area contributed by atoms with Gasteiger partial charge < -0.3 is 14.8 Å². The van der Waals surface area contributed by atoms with E-state index in [0.717, 1.165) is 32.6 Å². The molecule has 1 aliphatic heterocycles. The van der Waals surface area contributed by atoms with Crippen LogP contribution in [0, 0.1) is 11.6 Å². The largest absolute Gasteiger partial charge is 0.454 e. The number of amides is 1. The molecule has 0 aliphatic carbocycles. The van der Waals surface area contributed by atoms with E-state index >= 15 is 0 Å². The van der Waals surface area contributed by atoms with E-state index in [2.05, 4.69) is 5.32 Å². The molecule has 1 amide bonds. The van der Waals surface area contributed by atoms with Crippen molar-refractivity contribution in [3.05, 3.63) is 85.9 Å². The predicted molar refractivity (Wildman–Crippen MR) is 117 cm³/mol. The second-order valence-electron chi connectivity index (χ2n) is 7.23. The molecule has 0 radical (unpaired) electrons. The first-order chi connectivity index (χ1) is 15.9. The second-order valence-corrected chi connectivity index (χ2v) is 8.14. The van der Waals surface area contributed by atoms with Crippen LogP contribution in [0.1, 0.15) is 5.56 Å². The zero-order valence-corrected chi connectivity index (χ0v) is 17.7. The summed E-state index contributed by atoms with van der Waals surface area (Å²) >= 11 is 1.13. The summed E-state index contributed by atoms with van der Waals surface area (Å²) < 4.78 is 40.8. The fourth-order valence-electron chi connectivity index (χ4n) is 3.59. The minimum atomic E-state index is -0.941. The van der Waals surface area contributed by atoms with Crippen LogP contribution in [0.15, 0.2) is 57.4 Å². The molecule has 33 heavy (non-hydrogen) atoms. The van der Waals surface area contributed by atoms with Gasteiger partial charge in [0, 0.05) is 0 Å². The molecule has 0 spiro atoms. The highest BCUT2D eigenvalue weighted by Gasteiger charge is 2.20. The number of ether oxygens (including phenoxy) is 2. The van der Waals surface area contributed by atoms with Crippen LogP contribution in [0.4, 0.5) is 14.5 Å². The van der Waals surface area contributed by atoms with E-state index < -0.39 is 41.0 Å². The molecule has 2 aromatic carbocycles. The van der Waals surface area contributed by atoms with Crippen LogP contribution in [-0.2, 0) is 17.9 Å². The fourth-order valence-corrected chi connectivity index (χ4v) is 4.43. The highest BCUT2D eigenvalue weighted by Crippen LogP contribution is 2.32. The van der Waals surface area contributed by atoms with Crippen molar-refractivity contribution < 1.29 is 23.0 Å². The van der Waals surface area contributed by atoms with Gasteiger partial charge in [0.15, 0.2) is 11.5 Å². The van der Waals surface area contributed by atoms with Crippen LogP contribution in [0.25, 0.3) is 10.2 Å². The summed E-state index contributed by atoms with van der Waals surface area (Å²) in [5.41, 5.74) is -0.946. The normalized spacial score (nSPS) is 12.3. The van der Waals surface area contributed by atoms with Crippen molar-refractivity contribution in [2.24, 2.45) is 0 Å². The number of fused-ring (bicyclic) bond motifs is 2.